The summed E-state index contributed by atoms with van der Waals surface area (Å²) in [5.74, 6) is 0.000265. The Balaban J connectivity index is 0.00000264. The predicted octanol–water partition coefficient (Wildman–Crippen LogP) is 4.23. The molecule has 0 aliphatic carbocycles. The van der Waals surface area contributed by atoms with Crippen molar-refractivity contribution in [2.45, 2.75) is 46.3 Å². The normalized spacial score (nSPS) is 11.9. The molecule has 1 heterocycles. The van der Waals surface area contributed by atoms with Crippen LogP contribution in [0.15, 0.2) is 36.4 Å². The number of aryl methyl sites for hydroxylation is 1. The van der Waals surface area contributed by atoms with Crippen molar-refractivity contribution in [3.8, 4) is 10.4 Å². The van der Waals surface area contributed by atoms with E-state index in [0.29, 0.717) is 6.54 Å². The smallest absolute Gasteiger partial charge is 0.239 e. The molecular formula is C18H25ClN2OS. The van der Waals surface area contributed by atoms with Crippen molar-refractivity contribution in [3.05, 3.63) is 46.8 Å². The largest absolute Gasteiger partial charge is 0.334 e. The second kappa shape index (κ2) is 8.48. The van der Waals surface area contributed by atoms with Gasteiger partial charge in [-0.05, 0) is 45.4 Å². The minimum Gasteiger partial charge on any atom is -0.334 e. The molecule has 126 valence electrons. The second-order valence-corrected chi connectivity index (χ2v) is 7.15. The number of hydrogen-bond acceptors (Lipinski definition) is 3. The number of rotatable bonds is 5. The molecule has 2 rings (SSSR count). The number of thiophene rings is 1. The third-order valence-corrected chi connectivity index (χ3v) is 4.74. The van der Waals surface area contributed by atoms with Gasteiger partial charge in [-0.15, -0.1) is 23.7 Å². The van der Waals surface area contributed by atoms with Gasteiger partial charge in [-0.1, -0.05) is 29.8 Å². The second-order valence-electron chi connectivity index (χ2n) is 5.98. The van der Waals surface area contributed by atoms with Crippen molar-refractivity contribution in [1.82, 2.24) is 4.90 Å². The van der Waals surface area contributed by atoms with Crippen molar-refractivity contribution < 1.29 is 4.79 Å². The van der Waals surface area contributed by atoms with Crippen LogP contribution in [0.2, 0.25) is 0 Å². The molecule has 1 aromatic carbocycles. The minimum atomic E-state index is -0.459. The standard InChI is InChI=1S/C18H24N2OS.ClH/c1-12(2)20(18(21)14(4)19)11-16-9-10-17(22-16)15-7-5-13(3)6-8-15;/h5-10,12,14H,11,19H2,1-4H3;1H/t14-;/m0./s1. The van der Waals surface area contributed by atoms with Crippen molar-refractivity contribution in [2.75, 3.05) is 0 Å². The molecule has 1 aromatic heterocycles. The highest BCUT2D eigenvalue weighted by Gasteiger charge is 2.21. The molecule has 1 atom stereocenters. The van der Waals surface area contributed by atoms with E-state index in [9.17, 15) is 4.79 Å². The Labute approximate surface area is 148 Å². The van der Waals surface area contributed by atoms with E-state index in [0.717, 1.165) is 0 Å². The van der Waals surface area contributed by atoms with E-state index in [1.165, 1.54) is 20.9 Å². The van der Waals surface area contributed by atoms with Gasteiger partial charge >= 0.3 is 0 Å². The molecule has 0 spiro atoms. The fourth-order valence-corrected chi connectivity index (χ4v) is 3.29. The quantitative estimate of drug-likeness (QED) is 0.875. The van der Waals surface area contributed by atoms with Gasteiger partial charge in [0.2, 0.25) is 5.91 Å². The van der Waals surface area contributed by atoms with E-state index in [4.69, 9.17) is 5.73 Å². The summed E-state index contributed by atoms with van der Waals surface area (Å²) < 4.78 is 0. The van der Waals surface area contributed by atoms with E-state index < -0.39 is 6.04 Å². The molecule has 0 unspecified atom stereocenters. The first-order chi connectivity index (χ1) is 10.4. The number of carbonyl (C=O) groups is 1. The zero-order valence-electron chi connectivity index (χ0n) is 14.1. The summed E-state index contributed by atoms with van der Waals surface area (Å²) in [5.41, 5.74) is 8.23. The lowest BCUT2D eigenvalue weighted by molar-refractivity contribution is -0.134. The molecule has 23 heavy (non-hydrogen) atoms. The zero-order valence-corrected chi connectivity index (χ0v) is 15.7. The van der Waals surface area contributed by atoms with Gasteiger partial charge in [-0.3, -0.25) is 4.79 Å². The minimum absolute atomic E-state index is 0. The maximum absolute atomic E-state index is 12.2. The van der Waals surface area contributed by atoms with Crippen LogP contribution in [-0.4, -0.2) is 22.9 Å². The molecule has 0 radical (unpaired) electrons. The Hall–Kier alpha value is -1.36. The third kappa shape index (κ3) is 5.06. The van der Waals surface area contributed by atoms with E-state index in [1.54, 1.807) is 18.3 Å². The molecule has 0 fully saturated rings. The fraction of sp³-hybridized carbons (Fsp3) is 0.389. The Bertz CT molecular complexity index is 635. The van der Waals surface area contributed by atoms with Crippen LogP contribution >= 0.6 is 23.7 Å². The molecule has 0 bridgehead atoms. The topological polar surface area (TPSA) is 46.3 Å². The number of halogens is 1. The van der Waals surface area contributed by atoms with Crippen LogP contribution in [0.25, 0.3) is 10.4 Å². The molecule has 2 N–H and O–H groups in total. The average molecular weight is 353 g/mol. The first-order valence-electron chi connectivity index (χ1n) is 7.60. The number of nitrogens with two attached hydrogens (primary N) is 1. The number of benzene rings is 1. The van der Waals surface area contributed by atoms with Gasteiger partial charge in [0.15, 0.2) is 0 Å². The first-order valence-corrected chi connectivity index (χ1v) is 8.42. The van der Waals surface area contributed by atoms with Crippen molar-refractivity contribution in [2.24, 2.45) is 5.73 Å². The van der Waals surface area contributed by atoms with Gasteiger partial charge in [-0.2, -0.15) is 0 Å². The first kappa shape index (κ1) is 19.7. The summed E-state index contributed by atoms with van der Waals surface area (Å²) in [6.45, 7) is 8.49. The average Bonchev–Trinajstić information content (AvgIpc) is 2.93. The van der Waals surface area contributed by atoms with Crippen LogP contribution in [0, 0.1) is 6.92 Å². The van der Waals surface area contributed by atoms with E-state index in [1.807, 2.05) is 18.7 Å². The SMILES string of the molecule is Cc1ccc(-c2ccc(CN(C(=O)[C@H](C)N)C(C)C)s2)cc1.Cl. The van der Waals surface area contributed by atoms with E-state index >= 15 is 0 Å². The van der Waals surface area contributed by atoms with Gasteiger partial charge < -0.3 is 10.6 Å². The third-order valence-electron chi connectivity index (χ3n) is 3.62. The highest BCUT2D eigenvalue weighted by molar-refractivity contribution is 7.15. The summed E-state index contributed by atoms with van der Waals surface area (Å²) in [4.78, 5) is 16.5. The Morgan fingerprint density at radius 3 is 2.26 bits per heavy atom. The molecular weight excluding hydrogens is 328 g/mol. The van der Waals surface area contributed by atoms with Gasteiger partial charge in [0.25, 0.3) is 0 Å². The van der Waals surface area contributed by atoms with Crippen LogP contribution in [0.1, 0.15) is 31.2 Å². The predicted molar refractivity (Wildman–Crippen MR) is 101 cm³/mol. The lowest BCUT2D eigenvalue weighted by atomic mass is 10.1. The summed E-state index contributed by atoms with van der Waals surface area (Å²) in [6.07, 6.45) is 0. The summed E-state index contributed by atoms with van der Waals surface area (Å²) in [5, 5.41) is 0. The molecule has 2 aromatic rings. The lowest BCUT2D eigenvalue weighted by Crippen LogP contribution is -2.44. The molecule has 3 nitrogen and oxygen atoms in total. The molecule has 0 aliphatic heterocycles. The van der Waals surface area contributed by atoms with Gasteiger partial charge in [-0.25, -0.2) is 0 Å². The summed E-state index contributed by atoms with van der Waals surface area (Å²) >= 11 is 1.73. The molecule has 0 saturated heterocycles. The summed E-state index contributed by atoms with van der Waals surface area (Å²) in [7, 11) is 0. The molecule has 5 heteroatoms. The van der Waals surface area contributed by atoms with Crippen LogP contribution in [0.3, 0.4) is 0 Å². The van der Waals surface area contributed by atoms with Crippen LogP contribution < -0.4 is 5.73 Å². The highest BCUT2D eigenvalue weighted by atomic mass is 35.5. The highest BCUT2D eigenvalue weighted by Crippen LogP contribution is 2.29. The van der Waals surface area contributed by atoms with Crippen LogP contribution in [-0.2, 0) is 11.3 Å². The maximum atomic E-state index is 12.2. The van der Waals surface area contributed by atoms with E-state index in [2.05, 4.69) is 43.3 Å². The van der Waals surface area contributed by atoms with Crippen molar-refractivity contribution >= 4 is 29.7 Å². The zero-order chi connectivity index (χ0) is 16.3. The number of carbonyl (C=O) groups excluding carboxylic acids is 1. The Kier molecular flexibility index (Phi) is 7.26. The summed E-state index contributed by atoms with van der Waals surface area (Å²) in [6, 6.07) is 12.4. The van der Waals surface area contributed by atoms with E-state index in [-0.39, 0.29) is 24.4 Å². The van der Waals surface area contributed by atoms with Gasteiger partial charge in [0.1, 0.15) is 0 Å². The molecule has 0 aliphatic rings. The Morgan fingerprint density at radius 1 is 1.13 bits per heavy atom. The van der Waals surface area contributed by atoms with Crippen LogP contribution in [0.4, 0.5) is 0 Å². The molecule has 1 amide bonds. The van der Waals surface area contributed by atoms with Gasteiger partial charge in [0.05, 0.1) is 12.6 Å². The lowest BCUT2D eigenvalue weighted by Gasteiger charge is -2.27. The van der Waals surface area contributed by atoms with Crippen LogP contribution in [0.5, 0.6) is 0 Å². The van der Waals surface area contributed by atoms with Gasteiger partial charge in [0, 0.05) is 15.8 Å². The monoisotopic (exact) mass is 352 g/mol. The maximum Gasteiger partial charge on any atom is 0.239 e. The Morgan fingerprint density at radius 2 is 1.74 bits per heavy atom. The van der Waals surface area contributed by atoms with Crippen molar-refractivity contribution in [3.63, 3.8) is 0 Å². The van der Waals surface area contributed by atoms with Crippen molar-refractivity contribution in [1.29, 1.82) is 0 Å². The molecule has 0 saturated carbocycles. The fourth-order valence-electron chi connectivity index (χ4n) is 2.28. The number of nitrogens with zero attached hydrogens (tertiary/aromatic N) is 1. The number of amides is 1. The number of hydrogen-bond donors (Lipinski definition) is 1.